The van der Waals surface area contributed by atoms with E-state index in [0.29, 0.717) is 6.54 Å². The maximum atomic E-state index is 12.2. The summed E-state index contributed by atoms with van der Waals surface area (Å²) in [6, 6.07) is 7.69. The summed E-state index contributed by atoms with van der Waals surface area (Å²) in [5, 5.41) is 5.24. The molecule has 0 aromatic heterocycles. The van der Waals surface area contributed by atoms with E-state index in [-0.39, 0.29) is 24.7 Å². The molecule has 2 atom stereocenters. The molecule has 3 amide bonds. The number of benzene rings is 1. The lowest BCUT2D eigenvalue weighted by atomic mass is 10.1. The maximum Gasteiger partial charge on any atom is 0.410 e. The van der Waals surface area contributed by atoms with Crippen LogP contribution in [0.5, 0.6) is 0 Å². The summed E-state index contributed by atoms with van der Waals surface area (Å²) < 4.78 is 28.7. The highest BCUT2D eigenvalue weighted by atomic mass is 32.2. The molecule has 1 aromatic rings. The average Bonchev–Trinajstić information content (AvgIpc) is 3.16. The third kappa shape index (κ3) is 5.32. The summed E-state index contributed by atoms with van der Waals surface area (Å²) in [7, 11) is -3.40. The number of rotatable bonds is 6. The minimum absolute atomic E-state index is 0.218. The zero-order valence-corrected chi connectivity index (χ0v) is 15.9. The van der Waals surface area contributed by atoms with Crippen molar-refractivity contribution in [1.29, 1.82) is 0 Å². The Labute approximate surface area is 162 Å². The van der Waals surface area contributed by atoms with Crippen LogP contribution in [0.3, 0.4) is 0 Å². The number of cyclic esters (lactones) is 1. The van der Waals surface area contributed by atoms with Gasteiger partial charge in [-0.25, -0.2) is 13.2 Å². The average molecular weight is 407 g/mol. The van der Waals surface area contributed by atoms with E-state index in [0.717, 1.165) is 5.56 Å². The second-order valence-electron chi connectivity index (χ2n) is 6.65. The van der Waals surface area contributed by atoms with Gasteiger partial charge in [0.05, 0.1) is 30.1 Å². The summed E-state index contributed by atoms with van der Waals surface area (Å²) in [6.07, 6.45) is 2.36. The van der Waals surface area contributed by atoms with E-state index < -0.39 is 39.8 Å². The Morgan fingerprint density at radius 2 is 1.82 bits per heavy atom. The molecule has 2 saturated heterocycles. The molecule has 0 unspecified atom stereocenters. The van der Waals surface area contributed by atoms with Crippen molar-refractivity contribution in [3.8, 4) is 0 Å². The number of carbonyl (C=O) groups is 3. The molecule has 0 radical (unpaired) electrons. The van der Waals surface area contributed by atoms with Crippen molar-refractivity contribution in [3.05, 3.63) is 42.0 Å². The first-order valence-corrected chi connectivity index (χ1v) is 10.6. The van der Waals surface area contributed by atoms with Crippen LogP contribution in [-0.2, 0) is 24.2 Å². The number of hydrogen-bond acceptors (Lipinski definition) is 6. The molecule has 9 nitrogen and oxygen atoms in total. The molecule has 28 heavy (non-hydrogen) atoms. The van der Waals surface area contributed by atoms with Gasteiger partial charge in [-0.15, -0.1) is 0 Å². The molecule has 2 aliphatic rings. The van der Waals surface area contributed by atoms with Crippen LogP contribution in [0.4, 0.5) is 4.79 Å². The molecule has 10 heteroatoms. The molecule has 0 saturated carbocycles. The molecule has 2 heterocycles. The van der Waals surface area contributed by atoms with Crippen LogP contribution in [0, 0.1) is 0 Å². The molecule has 150 valence electrons. The van der Waals surface area contributed by atoms with E-state index >= 15 is 0 Å². The number of carbonyl (C=O) groups excluding carboxylic acids is 3. The maximum absolute atomic E-state index is 12.2. The SMILES string of the molecule is O=C(C=Cc1ccccc1)N[C@H]1CS(=O)(=O)C[C@H]1NC(=O)CN1CCOC1=O. The van der Waals surface area contributed by atoms with Crippen LogP contribution in [0.15, 0.2) is 36.4 Å². The highest BCUT2D eigenvalue weighted by molar-refractivity contribution is 7.91. The van der Waals surface area contributed by atoms with Gasteiger partial charge in [0.1, 0.15) is 13.2 Å². The standard InChI is InChI=1S/C18H21N3O6S/c22-16(7-6-13-4-2-1-3-5-13)19-14-11-28(25,26)12-15(14)20-17(23)10-21-8-9-27-18(21)24/h1-7,14-15H,8-12H2,(H,19,22)(H,20,23)/t14-,15+/m0/s1. The summed E-state index contributed by atoms with van der Waals surface area (Å²) >= 11 is 0. The number of ether oxygens (including phenoxy) is 1. The molecule has 2 fully saturated rings. The van der Waals surface area contributed by atoms with E-state index in [4.69, 9.17) is 4.74 Å². The van der Waals surface area contributed by atoms with Gasteiger partial charge in [0.2, 0.25) is 11.8 Å². The summed E-state index contributed by atoms with van der Waals surface area (Å²) in [5.41, 5.74) is 0.832. The lowest BCUT2D eigenvalue weighted by Crippen LogP contribution is -2.52. The van der Waals surface area contributed by atoms with Crippen molar-refractivity contribution in [2.75, 3.05) is 31.2 Å². The predicted molar refractivity (Wildman–Crippen MR) is 101 cm³/mol. The van der Waals surface area contributed by atoms with Crippen molar-refractivity contribution < 1.29 is 27.5 Å². The third-order valence-corrected chi connectivity index (χ3v) is 6.17. The first-order chi connectivity index (χ1) is 13.3. The highest BCUT2D eigenvalue weighted by Gasteiger charge is 2.39. The van der Waals surface area contributed by atoms with Gasteiger partial charge in [0.25, 0.3) is 0 Å². The summed E-state index contributed by atoms with van der Waals surface area (Å²) in [6.45, 7) is 0.306. The topological polar surface area (TPSA) is 122 Å². The van der Waals surface area contributed by atoms with E-state index in [1.54, 1.807) is 6.08 Å². The molecule has 1 aromatic carbocycles. The number of amides is 3. The normalized spacial score (nSPS) is 23.6. The van der Waals surface area contributed by atoms with Crippen LogP contribution < -0.4 is 10.6 Å². The minimum atomic E-state index is -3.40. The molecule has 0 spiro atoms. The molecule has 3 rings (SSSR count). The van der Waals surface area contributed by atoms with Gasteiger partial charge in [-0.2, -0.15) is 0 Å². The smallest absolute Gasteiger partial charge is 0.410 e. The Balaban J connectivity index is 1.58. The second-order valence-corrected chi connectivity index (χ2v) is 8.80. The van der Waals surface area contributed by atoms with Gasteiger partial charge in [-0.05, 0) is 11.6 Å². The fourth-order valence-corrected chi connectivity index (χ4v) is 4.96. The predicted octanol–water partition coefficient (Wildman–Crippen LogP) is -0.450. The lowest BCUT2D eigenvalue weighted by Gasteiger charge is -2.21. The fraction of sp³-hybridized carbons (Fsp3) is 0.389. The van der Waals surface area contributed by atoms with E-state index in [1.807, 2.05) is 30.3 Å². The number of hydrogen-bond donors (Lipinski definition) is 2. The fourth-order valence-electron chi connectivity index (χ4n) is 3.09. The number of nitrogens with one attached hydrogen (secondary N) is 2. The van der Waals surface area contributed by atoms with Crippen LogP contribution in [0.1, 0.15) is 5.56 Å². The van der Waals surface area contributed by atoms with Gasteiger partial charge in [-0.3, -0.25) is 14.5 Å². The molecular weight excluding hydrogens is 386 g/mol. The zero-order valence-electron chi connectivity index (χ0n) is 15.0. The molecule has 0 bridgehead atoms. The van der Waals surface area contributed by atoms with Crippen molar-refractivity contribution in [2.24, 2.45) is 0 Å². The summed E-state index contributed by atoms with van der Waals surface area (Å²) in [5.74, 6) is -1.47. The first-order valence-electron chi connectivity index (χ1n) is 8.77. The Morgan fingerprint density at radius 3 is 2.46 bits per heavy atom. The van der Waals surface area contributed by atoms with Crippen molar-refractivity contribution in [2.45, 2.75) is 12.1 Å². The van der Waals surface area contributed by atoms with Gasteiger partial charge < -0.3 is 15.4 Å². The van der Waals surface area contributed by atoms with E-state index in [1.165, 1.54) is 11.0 Å². The van der Waals surface area contributed by atoms with Crippen LogP contribution in [-0.4, -0.2) is 74.5 Å². The van der Waals surface area contributed by atoms with Gasteiger partial charge in [-0.1, -0.05) is 30.3 Å². The molecular formula is C18H21N3O6S. The van der Waals surface area contributed by atoms with Crippen LogP contribution in [0.25, 0.3) is 6.08 Å². The van der Waals surface area contributed by atoms with Crippen molar-refractivity contribution in [3.63, 3.8) is 0 Å². The van der Waals surface area contributed by atoms with Gasteiger partial charge >= 0.3 is 6.09 Å². The largest absolute Gasteiger partial charge is 0.448 e. The molecule has 2 N–H and O–H groups in total. The van der Waals surface area contributed by atoms with Gasteiger partial charge in [0.15, 0.2) is 9.84 Å². The first kappa shape index (κ1) is 19.9. The second kappa shape index (κ2) is 8.42. The Morgan fingerprint density at radius 1 is 1.14 bits per heavy atom. The molecule has 2 aliphatic heterocycles. The van der Waals surface area contributed by atoms with Crippen molar-refractivity contribution >= 4 is 33.8 Å². The highest BCUT2D eigenvalue weighted by Crippen LogP contribution is 2.13. The number of sulfone groups is 1. The minimum Gasteiger partial charge on any atom is -0.448 e. The molecule has 0 aliphatic carbocycles. The Hall–Kier alpha value is -2.88. The number of nitrogens with zero attached hydrogens (tertiary/aromatic N) is 1. The van der Waals surface area contributed by atoms with Crippen molar-refractivity contribution in [1.82, 2.24) is 15.5 Å². The monoisotopic (exact) mass is 407 g/mol. The van der Waals surface area contributed by atoms with E-state index in [2.05, 4.69) is 10.6 Å². The Kier molecular flexibility index (Phi) is 5.98. The van der Waals surface area contributed by atoms with Gasteiger partial charge in [0, 0.05) is 6.08 Å². The quantitative estimate of drug-likeness (QED) is 0.616. The lowest BCUT2D eigenvalue weighted by molar-refractivity contribution is -0.123. The van der Waals surface area contributed by atoms with E-state index in [9.17, 15) is 22.8 Å². The van der Waals surface area contributed by atoms with Crippen LogP contribution in [0.2, 0.25) is 0 Å². The Bertz CT molecular complexity index is 884. The summed E-state index contributed by atoms with van der Waals surface area (Å²) in [4.78, 5) is 37.0. The zero-order chi connectivity index (χ0) is 20.1. The van der Waals surface area contributed by atoms with Crippen LogP contribution >= 0.6 is 0 Å². The third-order valence-electron chi connectivity index (χ3n) is 4.43.